The van der Waals surface area contributed by atoms with Gasteiger partial charge in [-0.3, -0.25) is 9.52 Å². The number of benzene rings is 2. The molecule has 0 saturated heterocycles. The monoisotopic (exact) mass is 384 g/mol. The van der Waals surface area contributed by atoms with E-state index in [0.717, 1.165) is 6.07 Å². The number of carbonyl (C=O) groups is 1. The molecule has 8 heteroatoms. The van der Waals surface area contributed by atoms with Crippen molar-refractivity contribution in [3.8, 4) is 0 Å². The van der Waals surface area contributed by atoms with Gasteiger partial charge in [0.25, 0.3) is 10.0 Å². The second-order valence-corrected chi connectivity index (χ2v) is 7.41. The van der Waals surface area contributed by atoms with E-state index in [1.165, 1.54) is 19.1 Å². The number of hydrogen-bond donors (Lipinski definition) is 1. The molecule has 0 aromatic heterocycles. The zero-order valence-corrected chi connectivity index (χ0v) is 15.4. The normalized spacial score (nSPS) is 11.2. The molecule has 1 N–H and O–H groups in total. The molecule has 1 amide bonds. The van der Waals surface area contributed by atoms with Crippen LogP contribution in [0.25, 0.3) is 0 Å². The van der Waals surface area contributed by atoms with E-state index in [1.54, 1.807) is 29.2 Å². The Morgan fingerprint density at radius 3 is 2.52 bits per heavy atom. The topological polar surface area (TPSA) is 66.5 Å². The van der Waals surface area contributed by atoms with Crippen LogP contribution in [0, 0.1) is 5.82 Å². The van der Waals surface area contributed by atoms with Gasteiger partial charge >= 0.3 is 0 Å². The summed E-state index contributed by atoms with van der Waals surface area (Å²) in [6, 6.07) is 10.4. The van der Waals surface area contributed by atoms with E-state index < -0.39 is 20.7 Å². The molecular formula is C17H18ClFN2O3S. The number of amides is 1. The van der Waals surface area contributed by atoms with Crippen LogP contribution in [0.15, 0.2) is 47.4 Å². The second kappa shape index (κ2) is 7.84. The van der Waals surface area contributed by atoms with Crippen LogP contribution in [0.4, 0.5) is 10.1 Å². The summed E-state index contributed by atoms with van der Waals surface area (Å²) in [4.78, 5) is 12.6. The predicted molar refractivity (Wildman–Crippen MR) is 95.4 cm³/mol. The van der Waals surface area contributed by atoms with Gasteiger partial charge in [-0.25, -0.2) is 12.8 Å². The predicted octanol–water partition coefficient (Wildman–Crippen LogP) is 3.65. The van der Waals surface area contributed by atoms with Crippen LogP contribution in [-0.2, 0) is 21.4 Å². The zero-order valence-electron chi connectivity index (χ0n) is 13.8. The fraction of sp³-hybridized carbons (Fsp3) is 0.235. The summed E-state index contributed by atoms with van der Waals surface area (Å²) >= 11 is 5.67. The Morgan fingerprint density at radius 2 is 1.88 bits per heavy atom. The van der Waals surface area contributed by atoms with Crippen molar-refractivity contribution in [2.24, 2.45) is 0 Å². The molecule has 0 bridgehead atoms. The molecular weight excluding hydrogens is 367 g/mol. The third-order valence-electron chi connectivity index (χ3n) is 3.66. The van der Waals surface area contributed by atoms with Crippen molar-refractivity contribution in [2.75, 3.05) is 11.3 Å². The Balaban J connectivity index is 2.37. The van der Waals surface area contributed by atoms with Crippen molar-refractivity contribution in [3.05, 3.63) is 58.9 Å². The Kier molecular flexibility index (Phi) is 6.02. The van der Waals surface area contributed by atoms with Gasteiger partial charge in [-0.05, 0) is 30.7 Å². The van der Waals surface area contributed by atoms with Crippen molar-refractivity contribution in [3.63, 3.8) is 0 Å². The summed E-state index contributed by atoms with van der Waals surface area (Å²) in [6.45, 7) is 4.00. The van der Waals surface area contributed by atoms with Gasteiger partial charge in [-0.1, -0.05) is 35.9 Å². The molecule has 0 fully saturated rings. The quantitative estimate of drug-likeness (QED) is 0.826. The zero-order chi connectivity index (χ0) is 18.6. The van der Waals surface area contributed by atoms with Crippen molar-refractivity contribution in [1.82, 2.24) is 4.90 Å². The van der Waals surface area contributed by atoms with Crippen LogP contribution in [0.5, 0.6) is 0 Å². The van der Waals surface area contributed by atoms with Gasteiger partial charge in [0.1, 0.15) is 4.90 Å². The molecule has 0 radical (unpaired) electrons. The molecule has 2 aromatic rings. The van der Waals surface area contributed by atoms with Gasteiger partial charge in [-0.2, -0.15) is 0 Å². The van der Waals surface area contributed by atoms with Crippen LogP contribution in [0.2, 0.25) is 5.02 Å². The molecule has 0 saturated carbocycles. The lowest BCUT2D eigenvalue weighted by atomic mass is 10.1. The number of anilines is 1. The standard InChI is InChI=1S/C17H18ClFN2O3S/c1-3-21(12(2)22)11-13-7-4-5-9-15(13)20-25(23,24)16-10-6-8-14(18)17(16)19/h4-10,20H,3,11H2,1-2H3. The van der Waals surface area contributed by atoms with Crippen molar-refractivity contribution in [2.45, 2.75) is 25.3 Å². The molecule has 0 heterocycles. The molecule has 5 nitrogen and oxygen atoms in total. The van der Waals surface area contributed by atoms with E-state index in [-0.39, 0.29) is 23.2 Å². The van der Waals surface area contributed by atoms with E-state index in [0.29, 0.717) is 12.1 Å². The second-order valence-electron chi connectivity index (χ2n) is 5.35. The van der Waals surface area contributed by atoms with Crippen LogP contribution >= 0.6 is 11.6 Å². The summed E-state index contributed by atoms with van der Waals surface area (Å²) in [5.41, 5.74) is 0.882. The van der Waals surface area contributed by atoms with E-state index in [4.69, 9.17) is 11.6 Å². The van der Waals surface area contributed by atoms with Gasteiger partial charge in [0, 0.05) is 20.0 Å². The number of carbonyl (C=O) groups excluding carboxylic acids is 1. The van der Waals surface area contributed by atoms with Crippen molar-refractivity contribution < 1.29 is 17.6 Å². The largest absolute Gasteiger partial charge is 0.339 e. The molecule has 0 unspecified atom stereocenters. The van der Waals surface area contributed by atoms with Gasteiger partial charge in [0.15, 0.2) is 5.82 Å². The van der Waals surface area contributed by atoms with E-state index in [2.05, 4.69) is 4.72 Å². The summed E-state index contributed by atoms with van der Waals surface area (Å²) in [7, 11) is -4.16. The maximum absolute atomic E-state index is 14.1. The molecule has 2 rings (SSSR count). The number of para-hydroxylation sites is 1. The average molecular weight is 385 g/mol. The first-order valence-electron chi connectivity index (χ1n) is 7.56. The molecule has 2 aromatic carbocycles. The van der Waals surface area contributed by atoms with Crippen LogP contribution in [-0.4, -0.2) is 25.8 Å². The lowest BCUT2D eigenvalue weighted by Crippen LogP contribution is -2.28. The van der Waals surface area contributed by atoms with Crippen LogP contribution in [0.1, 0.15) is 19.4 Å². The Hall–Kier alpha value is -2.12. The molecule has 0 aliphatic heterocycles. The van der Waals surface area contributed by atoms with E-state index in [1.807, 2.05) is 6.92 Å². The highest BCUT2D eigenvalue weighted by atomic mass is 35.5. The Labute approximate surface area is 151 Å². The number of sulfonamides is 1. The number of nitrogens with one attached hydrogen (secondary N) is 1. The number of hydrogen-bond acceptors (Lipinski definition) is 3. The summed E-state index contributed by atoms with van der Waals surface area (Å²) < 4.78 is 41.5. The fourth-order valence-corrected chi connectivity index (χ4v) is 3.73. The molecule has 0 spiro atoms. The highest BCUT2D eigenvalue weighted by Crippen LogP contribution is 2.26. The fourth-order valence-electron chi connectivity index (χ4n) is 2.30. The summed E-state index contributed by atoms with van der Waals surface area (Å²) in [6.07, 6.45) is 0. The molecule has 0 atom stereocenters. The molecule has 25 heavy (non-hydrogen) atoms. The van der Waals surface area contributed by atoms with E-state index >= 15 is 0 Å². The first kappa shape index (κ1) is 19.2. The lowest BCUT2D eigenvalue weighted by molar-refractivity contribution is -0.129. The molecule has 134 valence electrons. The molecule has 0 aliphatic rings. The summed E-state index contributed by atoms with van der Waals surface area (Å²) in [5.74, 6) is -1.13. The van der Waals surface area contributed by atoms with Crippen molar-refractivity contribution >= 4 is 33.2 Å². The number of rotatable bonds is 6. The first-order valence-corrected chi connectivity index (χ1v) is 9.42. The summed E-state index contributed by atoms with van der Waals surface area (Å²) in [5, 5.41) is -0.273. The third kappa shape index (κ3) is 4.49. The minimum absolute atomic E-state index is 0.124. The Bertz CT molecular complexity index is 887. The molecule has 0 aliphatic carbocycles. The number of nitrogens with zero attached hydrogens (tertiary/aromatic N) is 1. The smallest absolute Gasteiger partial charge is 0.264 e. The van der Waals surface area contributed by atoms with Gasteiger partial charge < -0.3 is 4.90 Å². The Morgan fingerprint density at radius 1 is 1.20 bits per heavy atom. The SMILES string of the molecule is CCN(Cc1ccccc1NS(=O)(=O)c1cccc(Cl)c1F)C(C)=O. The van der Waals surface area contributed by atoms with E-state index in [9.17, 15) is 17.6 Å². The maximum Gasteiger partial charge on any atom is 0.264 e. The van der Waals surface area contributed by atoms with Crippen molar-refractivity contribution in [1.29, 1.82) is 0 Å². The average Bonchev–Trinajstić information content (AvgIpc) is 2.55. The van der Waals surface area contributed by atoms with Gasteiger partial charge in [-0.15, -0.1) is 0 Å². The van der Waals surface area contributed by atoms with Gasteiger partial charge in [0.05, 0.1) is 10.7 Å². The van der Waals surface area contributed by atoms with Crippen LogP contribution in [0.3, 0.4) is 0 Å². The van der Waals surface area contributed by atoms with Gasteiger partial charge in [0.2, 0.25) is 5.91 Å². The minimum Gasteiger partial charge on any atom is -0.339 e. The number of halogens is 2. The first-order chi connectivity index (χ1) is 11.8. The lowest BCUT2D eigenvalue weighted by Gasteiger charge is -2.21. The van der Waals surface area contributed by atoms with Crippen LogP contribution < -0.4 is 4.72 Å². The third-order valence-corrected chi connectivity index (χ3v) is 5.33. The highest BCUT2D eigenvalue weighted by molar-refractivity contribution is 7.92. The minimum atomic E-state index is -4.16. The maximum atomic E-state index is 14.1. The highest BCUT2D eigenvalue weighted by Gasteiger charge is 2.22.